The number of carbonyl (C=O) groups is 2. The molecule has 0 aromatic carbocycles. The Morgan fingerprint density at radius 2 is 2.12 bits per heavy atom. The summed E-state index contributed by atoms with van der Waals surface area (Å²) in [5, 5.41) is 2.65. The molecule has 4 heteroatoms. The zero-order valence-electron chi connectivity index (χ0n) is 11.1. The van der Waals surface area contributed by atoms with Crippen LogP contribution in [0.5, 0.6) is 0 Å². The van der Waals surface area contributed by atoms with Crippen molar-refractivity contribution in [2.45, 2.75) is 40.2 Å². The Kier molecular flexibility index (Phi) is 4.73. The number of hydrogen-bond acceptors (Lipinski definition) is 2. The first-order chi connectivity index (χ1) is 7.91. The molecule has 1 atom stereocenters. The van der Waals surface area contributed by atoms with Crippen molar-refractivity contribution in [2.75, 3.05) is 13.1 Å². The predicted octanol–water partition coefficient (Wildman–Crippen LogP) is 1.33. The van der Waals surface area contributed by atoms with E-state index in [1.165, 1.54) is 0 Å². The number of allylic oxidation sites excluding steroid dienone is 1. The van der Waals surface area contributed by atoms with Gasteiger partial charge in [-0.05, 0) is 26.2 Å². The standard InChI is InChI=1S/C13H22N2O2/c1-9(2)5-6-15-11(7-10(3)4)13(17)14-8-12(15)16/h5,10-11H,6-8H2,1-4H3,(H,14,17). The van der Waals surface area contributed by atoms with Gasteiger partial charge in [0.1, 0.15) is 6.04 Å². The van der Waals surface area contributed by atoms with Crippen LogP contribution in [0.3, 0.4) is 0 Å². The van der Waals surface area contributed by atoms with Crippen LogP contribution in [-0.2, 0) is 9.59 Å². The van der Waals surface area contributed by atoms with Gasteiger partial charge in [-0.1, -0.05) is 25.5 Å². The van der Waals surface area contributed by atoms with Gasteiger partial charge >= 0.3 is 0 Å². The number of carbonyl (C=O) groups excluding carboxylic acids is 2. The van der Waals surface area contributed by atoms with E-state index >= 15 is 0 Å². The van der Waals surface area contributed by atoms with Gasteiger partial charge in [0, 0.05) is 6.54 Å². The molecule has 4 nitrogen and oxygen atoms in total. The van der Waals surface area contributed by atoms with E-state index in [1.54, 1.807) is 4.90 Å². The number of rotatable bonds is 4. The van der Waals surface area contributed by atoms with Gasteiger partial charge in [-0.3, -0.25) is 9.59 Å². The van der Waals surface area contributed by atoms with Gasteiger partial charge in [0.2, 0.25) is 11.8 Å². The highest BCUT2D eigenvalue weighted by Gasteiger charge is 2.33. The molecule has 1 N–H and O–H groups in total. The summed E-state index contributed by atoms with van der Waals surface area (Å²) in [5.74, 6) is 0.374. The van der Waals surface area contributed by atoms with Crippen LogP contribution >= 0.6 is 0 Å². The van der Waals surface area contributed by atoms with E-state index < -0.39 is 0 Å². The monoisotopic (exact) mass is 238 g/mol. The second kappa shape index (κ2) is 5.84. The molecule has 0 spiro atoms. The number of amides is 2. The van der Waals surface area contributed by atoms with Gasteiger partial charge in [-0.15, -0.1) is 0 Å². The maximum absolute atomic E-state index is 11.8. The van der Waals surface area contributed by atoms with Crippen molar-refractivity contribution in [1.29, 1.82) is 0 Å². The minimum atomic E-state index is -0.313. The molecule has 0 radical (unpaired) electrons. The second-order valence-electron chi connectivity index (χ2n) is 5.19. The maximum atomic E-state index is 11.8. The second-order valence-corrected chi connectivity index (χ2v) is 5.19. The van der Waals surface area contributed by atoms with Crippen molar-refractivity contribution in [1.82, 2.24) is 10.2 Å². The van der Waals surface area contributed by atoms with Crippen LogP contribution < -0.4 is 5.32 Å². The van der Waals surface area contributed by atoms with E-state index in [1.807, 2.05) is 19.9 Å². The fourth-order valence-corrected chi connectivity index (χ4v) is 1.89. The third kappa shape index (κ3) is 3.88. The SMILES string of the molecule is CC(C)=CCN1C(=O)CNC(=O)C1CC(C)C. The lowest BCUT2D eigenvalue weighted by molar-refractivity contribution is -0.145. The molecule has 1 rings (SSSR count). The van der Waals surface area contributed by atoms with E-state index in [-0.39, 0.29) is 24.4 Å². The summed E-state index contributed by atoms with van der Waals surface area (Å²) in [6, 6.07) is -0.313. The van der Waals surface area contributed by atoms with Crippen LogP contribution in [0, 0.1) is 5.92 Å². The summed E-state index contributed by atoms with van der Waals surface area (Å²) >= 11 is 0. The molecule has 96 valence electrons. The molecule has 0 aliphatic carbocycles. The van der Waals surface area contributed by atoms with Crippen molar-refractivity contribution in [2.24, 2.45) is 5.92 Å². The highest BCUT2D eigenvalue weighted by Crippen LogP contribution is 2.15. The molecule has 0 bridgehead atoms. The topological polar surface area (TPSA) is 49.4 Å². The Morgan fingerprint density at radius 1 is 1.47 bits per heavy atom. The zero-order chi connectivity index (χ0) is 13.0. The predicted molar refractivity (Wildman–Crippen MR) is 67.4 cm³/mol. The highest BCUT2D eigenvalue weighted by atomic mass is 16.2. The average molecular weight is 238 g/mol. The number of nitrogens with one attached hydrogen (secondary N) is 1. The number of piperazine rings is 1. The van der Waals surface area contributed by atoms with Crippen molar-refractivity contribution < 1.29 is 9.59 Å². The lowest BCUT2D eigenvalue weighted by atomic mass is 10.00. The molecular formula is C13H22N2O2. The first-order valence-electron chi connectivity index (χ1n) is 6.12. The smallest absolute Gasteiger partial charge is 0.243 e. The minimum Gasteiger partial charge on any atom is -0.345 e. The van der Waals surface area contributed by atoms with Crippen molar-refractivity contribution in [3.8, 4) is 0 Å². The van der Waals surface area contributed by atoms with Crippen LogP contribution in [-0.4, -0.2) is 35.8 Å². The lowest BCUT2D eigenvalue weighted by Gasteiger charge is -2.35. The van der Waals surface area contributed by atoms with Crippen LogP contribution in [0.1, 0.15) is 34.1 Å². The van der Waals surface area contributed by atoms with Crippen LogP contribution in [0.2, 0.25) is 0 Å². The largest absolute Gasteiger partial charge is 0.345 e. The van der Waals surface area contributed by atoms with E-state index in [0.29, 0.717) is 18.9 Å². The van der Waals surface area contributed by atoms with Gasteiger partial charge < -0.3 is 10.2 Å². The molecule has 2 amide bonds. The molecule has 1 unspecified atom stereocenters. The molecule has 1 fully saturated rings. The normalized spacial score (nSPS) is 20.5. The lowest BCUT2D eigenvalue weighted by Crippen LogP contribution is -2.58. The van der Waals surface area contributed by atoms with Gasteiger partial charge in [0.05, 0.1) is 6.54 Å². The Hall–Kier alpha value is -1.32. The summed E-state index contributed by atoms with van der Waals surface area (Å²) in [7, 11) is 0. The van der Waals surface area contributed by atoms with E-state index in [2.05, 4.69) is 19.2 Å². The Morgan fingerprint density at radius 3 is 2.65 bits per heavy atom. The Labute approximate surface area is 103 Å². The third-order valence-electron chi connectivity index (χ3n) is 2.80. The minimum absolute atomic E-state index is 0.00718. The van der Waals surface area contributed by atoms with E-state index in [9.17, 15) is 9.59 Å². The quantitative estimate of drug-likeness (QED) is 0.751. The molecule has 1 saturated heterocycles. The van der Waals surface area contributed by atoms with Crippen molar-refractivity contribution in [3.63, 3.8) is 0 Å². The van der Waals surface area contributed by atoms with Crippen molar-refractivity contribution in [3.05, 3.63) is 11.6 Å². The summed E-state index contributed by atoms with van der Waals surface area (Å²) in [6.07, 6.45) is 2.71. The summed E-state index contributed by atoms with van der Waals surface area (Å²) < 4.78 is 0. The van der Waals surface area contributed by atoms with Gasteiger partial charge in [-0.25, -0.2) is 0 Å². The van der Waals surface area contributed by atoms with Crippen LogP contribution in [0.15, 0.2) is 11.6 Å². The molecular weight excluding hydrogens is 216 g/mol. The van der Waals surface area contributed by atoms with E-state index in [0.717, 1.165) is 5.57 Å². The van der Waals surface area contributed by atoms with E-state index in [4.69, 9.17) is 0 Å². The molecule has 1 aliphatic rings. The molecule has 1 heterocycles. The molecule has 17 heavy (non-hydrogen) atoms. The van der Waals surface area contributed by atoms with Gasteiger partial charge in [-0.2, -0.15) is 0 Å². The first-order valence-corrected chi connectivity index (χ1v) is 6.12. The fraction of sp³-hybridized carbons (Fsp3) is 0.692. The molecule has 0 aromatic rings. The molecule has 0 saturated carbocycles. The van der Waals surface area contributed by atoms with Gasteiger partial charge in [0.15, 0.2) is 0 Å². The van der Waals surface area contributed by atoms with Crippen LogP contribution in [0.25, 0.3) is 0 Å². The van der Waals surface area contributed by atoms with Crippen LogP contribution in [0.4, 0.5) is 0 Å². The number of nitrogens with zero attached hydrogens (tertiary/aromatic N) is 1. The Balaban J connectivity index is 2.80. The summed E-state index contributed by atoms with van der Waals surface area (Å²) in [5.41, 5.74) is 1.16. The zero-order valence-corrected chi connectivity index (χ0v) is 11.1. The highest BCUT2D eigenvalue weighted by molar-refractivity contribution is 5.94. The van der Waals surface area contributed by atoms with Gasteiger partial charge in [0.25, 0.3) is 0 Å². The summed E-state index contributed by atoms with van der Waals surface area (Å²) in [4.78, 5) is 25.3. The maximum Gasteiger partial charge on any atom is 0.243 e. The Bertz CT molecular complexity index is 330. The average Bonchev–Trinajstić information content (AvgIpc) is 2.22. The van der Waals surface area contributed by atoms with Crippen molar-refractivity contribution >= 4 is 11.8 Å². The third-order valence-corrected chi connectivity index (χ3v) is 2.80. The fourth-order valence-electron chi connectivity index (χ4n) is 1.89. The summed E-state index contributed by atoms with van der Waals surface area (Å²) in [6.45, 7) is 8.77. The first kappa shape index (κ1) is 13.7. The number of hydrogen-bond donors (Lipinski definition) is 1. The molecule has 0 aromatic heterocycles. The molecule has 1 aliphatic heterocycles.